The molecule has 2 aromatic carbocycles. The van der Waals surface area contributed by atoms with Gasteiger partial charge in [0.05, 0.1) is 5.56 Å². The lowest BCUT2D eigenvalue weighted by molar-refractivity contribution is -0.118. The normalized spacial score (nSPS) is 9.81. The molecule has 1 amide bonds. The average Bonchev–Trinajstić information content (AvgIpc) is 2.67. The zero-order valence-electron chi connectivity index (χ0n) is 13.6. The number of amides is 1. The Morgan fingerprint density at radius 3 is 2.69 bits per heavy atom. The highest BCUT2D eigenvalue weighted by molar-refractivity contribution is 5.92. The van der Waals surface area contributed by atoms with Crippen molar-refractivity contribution in [2.24, 2.45) is 0 Å². The Hall–Kier alpha value is -3.92. The molecule has 0 unspecified atom stereocenters. The van der Waals surface area contributed by atoms with Crippen molar-refractivity contribution in [1.29, 1.82) is 5.26 Å². The summed E-state index contributed by atoms with van der Waals surface area (Å²) in [6.07, 6.45) is 3.15. The Morgan fingerprint density at radius 2 is 1.88 bits per heavy atom. The Kier molecular flexibility index (Phi) is 5.38. The molecule has 0 fully saturated rings. The van der Waals surface area contributed by atoms with E-state index in [-0.39, 0.29) is 18.5 Å². The predicted octanol–water partition coefficient (Wildman–Crippen LogP) is 3.16. The number of ether oxygens (including phenoxy) is 2. The van der Waals surface area contributed by atoms with Crippen LogP contribution < -0.4 is 14.8 Å². The van der Waals surface area contributed by atoms with Crippen LogP contribution in [-0.4, -0.2) is 22.5 Å². The number of anilines is 1. The lowest BCUT2D eigenvalue weighted by atomic mass is 10.2. The third-order valence-electron chi connectivity index (χ3n) is 3.24. The fraction of sp³-hybridized carbons (Fsp3) is 0.0526. The maximum atomic E-state index is 12.1. The van der Waals surface area contributed by atoms with E-state index in [1.807, 2.05) is 6.07 Å². The van der Waals surface area contributed by atoms with Crippen molar-refractivity contribution in [2.75, 3.05) is 11.9 Å². The molecule has 0 saturated heterocycles. The summed E-state index contributed by atoms with van der Waals surface area (Å²) in [4.78, 5) is 20.0. The molecular formula is C19H14N4O3. The quantitative estimate of drug-likeness (QED) is 0.736. The van der Waals surface area contributed by atoms with Gasteiger partial charge in [-0.2, -0.15) is 5.26 Å². The molecule has 0 aliphatic heterocycles. The zero-order chi connectivity index (χ0) is 18.2. The van der Waals surface area contributed by atoms with E-state index in [1.54, 1.807) is 67.0 Å². The average molecular weight is 346 g/mol. The maximum absolute atomic E-state index is 12.1. The summed E-state index contributed by atoms with van der Waals surface area (Å²) in [5, 5.41) is 11.7. The molecule has 3 aromatic rings. The molecule has 1 N–H and O–H groups in total. The van der Waals surface area contributed by atoms with E-state index in [0.717, 1.165) is 0 Å². The van der Waals surface area contributed by atoms with Crippen LogP contribution in [0.4, 0.5) is 5.69 Å². The van der Waals surface area contributed by atoms with E-state index in [1.165, 1.54) is 0 Å². The fourth-order valence-electron chi connectivity index (χ4n) is 2.11. The topological polar surface area (TPSA) is 97.1 Å². The summed E-state index contributed by atoms with van der Waals surface area (Å²) in [6.45, 7) is -0.217. The molecule has 1 aromatic heterocycles. The molecule has 0 aliphatic carbocycles. The van der Waals surface area contributed by atoms with Crippen molar-refractivity contribution in [3.05, 3.63) is 72.6 Å². The molecule has 3 rings (SSSR count). The summed E-state index contributed by atoms with van der Waals surface area (Å²) >= 11 is 0. The predicted molar refractivity (Wildman–Crippen MR) is 93.8 cm³/mol. The van der Waals surface area contributed by atoms with Gasteiger partial charge >= 0.3 is 6.01 Å². The first-order chi connectivity index (χ1) is 12.7. The Morgan fingerprint density at radius 1 is 1.08 bits per heavy atom. The van der Waals surface area contributed by atoms with E-state index in [4.69, 9.17) is 14.7 Å². The van der Waals surface area contributed by atoms with Crippen molar-refractivity contribution < 1.29 is 14.3 Å². The van der Waals surface area contributed by atoms with Gasteiger partial charge in [0.25, 0.3) is 5.91 Å². The monoisotopic (exact) mass is 346 g/mol. The zero-order valence-corrected chi connectivity index (χ0v) is 13.6. The molecule has 0 radical (unpaired) electrons. The van der Waals surface area contributed by atoms with Crippen molar-refractivity contribution in [1.82, 2.24) is 9.97 Å². The third kappa shape index (κ3) is 4.55. The fourth-order valence-corrected chi connectivity index (χ4v) is 2.11. The number of rotatable bonds is 6. The van der Waals surface area contributed by atoms with Gasteiger partial charge in [-0.1, -0.05) is 18.2 Å². The van der Waals surface area contributed by atoms with E-state index in [9.17, 15) is 4.79 Å². The van der Waals surface area contributed by atoms with Gasteiger partial charge in [0, 0.05) is 24.1 Å². The van der Waals surface area contributed by atoms with Crippen LogP contribution in [-0.2, 0) is 4.79 Å². The minimum Gasteiger partial charge on any atom is -0.482 e. The van der Waals surface area contributed by atoms with Crippen LogP contribution in [0.25, 0.3) is 0 Å². The molecule has 0 saturated carbocycles. The highest BCUT2D eigenvalue weighted by Gasteiger charge is 2.08. The second-order valence-electron chi connectivity index (χ2n) is 5.11. The highest BCUT2D eigenvalue weighted by atomic mass is 16.5. The van der Waals surface area contributed by atoms with Crippen LogP contribution in [0.2, 0.25) is 0 Å². The van der Waals surface area contributed by atoms with Crippen molar-refractivity contribution >= 4 is 11.6 Å². The summed E-state index contributed by atoms with van der Waals surface area (Å²) in [7, 11) is 0. The Balaban J connectivity index is 1.59. The van der Waals surface area contributed by atoms with Gasteiger partial charge in [-0.3, -0.25) is 4.79 Å². The number of hydrogen-bond acceptors (Lipinski definition) is 6. The van der Waals surface area contributed by atoms with Crippen molar-refractivity contribution in [3.8, 4) is 23.6 Å². The number of carbonyl (C=O) groups excluding carboxylic acids is 1. The lowest BCUT2D eigenvalue weighted by Crippen LogP contribution is -2.20. The van der Waals surface area contributed by atoms with Crippen LogP contribution in [0.3, 0.4) is 0 Å². The highest BCUT2D eigenvalue weighted by Crippen LogP contribution is 2.21. The molecule has 128 valence electrons. The molecule has 0 spiro atoms. The van der Waals surface area contributed by atoms with Gasteiger partial charge < -0.3 is 14.8 Å². The molecule has 26 heavy (non-hydrogen) atoms. The molecule has 7 nitrogen and oxygen atoms in total. The van der Waals surface area contributed by atoms with Crippen LogP contribution in [0, 0.1) is 11.3 Å². The van der Waals surface area contributed by atoms with E-state index in [0.29, 0.717) is 22.7 Å². The number of para-hydroxylation sites is 1. The first-order valence-electron chi connectivity index (χ1n) is 7.71. The van der Waals surface area contributed by atoms with Gasteiger partial charge in [-0.15, -0.1) is 0 Å². The van der Waals surface area contributed by atoms with Crippen LogP contribution in [0.5, 0.6) is 17.5 Å². The van der Waals surface area contributed by atoms with Crippen LogP contribution >= 0.6 is 0 Å². The smallest absolute Gasteiger partial charge is 0.321 e. The van der Waals surface area contributed by atoms with Crippen LogP contribution in [0.15, 0.2) is 67.0 Å². The van der Waals surface area contributed by atoms with E-state index < -0.39 is 0 Å². The minimum absolute atomic E-state index is 0.215. The molecule has 0 aliphatic rings. The number of hydrogen-bond donors (Lipinski definition) is 1. The summed E-state index contributed by atoms with van der Waals surface area (Å²) in [5.41, 5.74) is 0.916. The standard InChI is InChI=1S/C19H14N4O3/c20-12-14-5-1-2-8-17(14)25-13-18(24)23-15-6-3-7-16(11-15)26-19-21-9-4-10-22-19/h1-11H,13H2,(H,23,24). The van der Waals surface area contributed by atoms with E-state index >= 15 is 0 Å². The second kappa shape index (κ2) is 8.26. The number of nitrogens with one attached hydrogen (secondary N) is 1. The molecule has 0 bridgehead atoms. The number of nitriles is 1. The van der Waals surface area contributed by atoms with E-state index in [2.05, 4.69) is 15.3 Å². The SMILES string of the molecule is N#Cc1ccccc1OCC(=O)Nc1cccc(Oc2ncccn2)c1. The molecule has 1 heterocycles. The largest absolute Gasteiger partial charge is 0.482 e. The van der Waals surface area contributed by atoms with Crippen LogP contribution in [0.1, 0.15) is 5.56 Å². The van der Waals surface area contributed by atoms with Gasteiger partial charge in [0.15, 0.2) is 6.61 Å². The maximum Gasteiger partial charge on any atom is 0.321 e. The van der Waals surface area contributed by atoms with Crippen molar-refractivity contribution in [2.45, 2.75) is 0 Å². The Bertz CT molecular complexity index is 939. The number of aromatic nitrogens is 2. The number of carbonyl (C=O) groups is 1. The summed E-state index contributed by atoms with van der Waals surface area (Å²) in [5.74, 6) is 0.499. The van der Waals surface area contributed by atoms with Crippen molar-refractivity contribution in [3.63, 3.8) is 0 Å². The number of benzene rings is 2. The molecule has 7 heteroatoms. The molecule has 0 atom stereocenters. The first-order valence-corrected chi connectivity index (χ1v) is 7.71. The van der Waals surface area contributed by atoms with Gasteiger partial charge in [-0.05, 0) is 30.3 Å². The Labute approximate surface area is 149 Å². The number of nitrogens with zero attached hydrogens (tertiary/aromatic N) is 3. The molecular weight excluding hydrogens is 332 g/mol. The minimum atomic E-state index is -0.356. The van der Waals surface area contributed by atoms with Gasteiger partial charge in [-0.25, -0.2) is 9.97 Å². The summed E-state index contributed by atoms with van der Waals surface area (Å²) < 4.78 is 10.9. The van der Waals surface area contributed by atoms with Gasteiger partial charge in [0.2, 0.25) is 0 Å². The first kappa shape index (κ1) is 16.9. The van der Waals surface area contributed by atoms with Gasteiger partial charge in [0.1, 0.15) is 17.6 Å². The summed E-state index contributed by atoms with van der Waals surface area (Å²) in [6, 6.07) is 17.5. The second-order valence-corrected chi connectivity index (χ2v) is 5.11. The third-order valence-corrected chi connectivity index (χ3v) is 3.24. The lowest BCUT2D eigenvalue weighted by Gasteiger charge is -2.09.